The van der Waals surface area contributed by atoms with Crippen LogP contribution in [0.3, 0.4) is 0 Å². The summed E-state index contributed by atoms with van der Waals surface area (Å²) in [5, 5.41) is 6.76. The van der Waals surface area contributed by atoms with E-state index in [2.05, 4.69) is 10.6 Å². The average molecular weight is 483 g/mol. The van der Waals surface area contributed by atoms with E-state index in [1.165, 1.54) is 0 Å². The van der Waals surface area contributed by atoms with E-state index < -0.39 is 17.2 Å². The number of benzene rings is 1. The quantitative estimate of drug-likeness (QED) is 0.570. The zero-order valence-corrected chi connectivity index (χ0v) is 21.2. The molecule has 2 amide bonds. The van der Waals surface area contributed by atoms with Crippen LogP contribution in [0.4, 0.5) is 4.79 Å². The smallest absolute Gasteiger partial charge is 0.408 e. The second kappa shape index (κ2) is 10.4. The van der Waals surface area contributed by atoms with Gasteiger partial charge in [0.05, 0.1) is 16.4 Å². The molecule has 2 N–H and O–H groups in total. The zero-order chi connectivity index (χ0) is 25.1. The van der Waals surface area contributed by atoms with Crippen molar-refractivity contribution in [1.82, 2.24) is 20.2 Å². The Hall–Kier alpha value is -2.90. The van der Waals surface area contributed by atoms with Crippen molar-refractivity contribution in [3.63, 3.8) is 0 Å². The van der Waals surface area contributed by atoms with E-state index in [1.54, 1.807) is 4.57 Å². The first kappa shape index (κ1) is 25.2. The van der Waals surface area contributed by atoms with E-state index in [0.29, 0.717) is 29.7 Å². The van der Waals surface area contributed by atoms with Crippen LogP contribution >= 0.6 is 0 Å². The maximum absolute atomic E-state index is 13.1. The summed E-state index contributed by atoms with van der Waals surface area (Å²) in [5.41, 5.74) is -0.439. The largest absolute Gasteiger partial charge is 0.444 e. The molecular weight excluding hydrogens is 444 g/mol. The summed E-state index contributed by atoms with van der Waals surface area (Å²) in [7, 11) is 0. The van der Waals surface area contributed by atoms with Crippen molar-refractivity contribution in [2.24, 2.45) is 0 Å². The number of nitrogens with one attached hydrogen (secondary N) is 2. The van der Waals surface area contributed by atoms with Crippen LogP contribution in [-0.4, -0.2) is 39.2 Å². The third-order valence-corrected chi connectivity index (χ3v) is 6.82. The van der Waals surface area contributed by atoms with Crippen molar-refractivity contribution < 1.29 is 14.3 Å². The Kier molecular flexibility index (Phi) is 7.47. The summed E-state index contributed by atoms with van der Waals surface area (Å²) < 4.78 is 7.29. The van der Waals surface area contributed by atoms with Gasteiger partial charge in [0.2, 0.25) is 5.91 Å². The number of ether oxygens (including phenoxy) is 1. The molecule has 1 aromatic heterocycles. The molecule has 0 radical (unpaired) electrons. The number of fused-ring (bicyclic) bond motifs is 1. The Bertz CT molecular complexity index is 1120. The van der Waals surface area contributed by atoms with Crippen molar-refractivity contribution >= 4 is 22.9 Å². The maximum atomic E-state index is 13.1. The molecule has 8 nitrogen and oxygen atoms in total. The Morgan fingerprint density at radius 3 is 2.46 bits per heavy atom. The minimum Gasteiger partial charge on any atom is -0.444 e. The number of amides is 2. The number of nitrogens with zero attached hydrogens (tertiary/aromatic N) is 2. The van der Waals surface area contributed by atoms with Gasteiger partial charge in [0.25, 0.3) is 5.56 Å². The van der Waals surface area contributed by atoms with Gasteiger partial charge >= 0.3 is 6.09 Å². The molecule has 2 saturated carbocycles. The van der Waals surface area contributed by atoms with Crippen LogP contribution in [0.15, 0.2) is 29.1 Å². The molecule has 4 rings (SSSR count). The van der Waals surface area contributed by atoms with Gasteiger partial charge < -0.3 is 15.4 Å². The minimum atomic E-state index is -0.580. The fourth-order valence-electron chi connectivity index (χ4n) is 4.93. The van der Waals surface area contributed by atoms with E-state index >= 15 is 0 Å². The summed E-state index contributed by atoms with van der Waals surface area (Å²) in [4.78, 5) is 43.2. The van der Waals surface area contributed by atoms with Crippen LogP contribution in [0.1, 0.15) is 90.4 Å². The van der Waals surface area contributed by atoms with Crippen LogP contribution in [0.25, 0.3) is 10.9 Å². The number of aryl methyl sites for hydroxylation is 1. The number of para-hydroxylation sites is 1. The van der Waals surface area contributed by atoms with Crippen LogP contribution < -0.4 is 16.2 Å². The van der Waals surface area contributed by atoms with Crippen LogP contribution in [0, 0.1) is 0 Å². The molecule has 2 fully saturated rings. The van der Waals surface area contributed by atoms with Crippen LogP contribution in [-0.2, 0) is 16.0 Å². The molecule has 0 bridgehead atoms. The molecule has 8 heteroatoms. The molecule has 1 heterocycles. The molecule has 0 saturated heterocycles. The Balaban J connectivity index is 1.42. The lowest BCUT2D eigenvalue weighted by atomic mass is 9.90. The predicted molar refractivity (Wildman–Crippen MR) is 135 cm³/mol. The van der Waals surface area contributed by atoms with E-state index in [0.717, 1.165) is 51.4 Å². The highest BCUT2D eigenvalue weighted by atomic mass is 16.6. The maximum Gasteiger partial charge on any atom is 0.408 e. The van der Waals surface area contributed by atoms with Crippen molar-refractivity contribution in [3.8, 4) is 0 Å². The topological polar surface area (TPSA) is 102 Å². The summed E-state index contributed by atoms with van der Waals surface area (Å²) >= 11 is 0. The number of carbonyl (C=O) groups excluding carboxylic acids is 2. The molecule has 0 atom stereocenters. The molecule has 2 aliphatic carbocycles. The molecular formula is C27H38N4O4. The second-order valence-electron chi connectivity index (χ2n) is 11.0. The summed E-state index contributed by atoms with van der Waals surface area (Å²) in [6, 6.07) is 7.56. The van der Waals surface area contributed by atoms with Gasteiger partial charge in [0.15, 0.2) is 0 Å². The number of carbonyl (C=O) groups is 2. The predicted octanol–water partition coefficient (Wildman–Crippen LogP) is 4.40. The molecule has 0 spiro atoms. The summed E-state index contributed by atoms with van der Waals surface area (Å²) in [5.74, 6) is 0.562. The van der Waals surface area contributed by atoms with Gasteiger partial charge in [-0.05, 0) is 58.6 Å². The van der Waals surface area contributed by atoms with Gasteiger partial charge in [-0.2, -0.15) is 0 Å². The highest BCUT2D eigenvalue weighted by Gasteiger charge is 2.35. The first-order chi connectivity index (χ1) is 16.7. The Morgan fingerprint density at radius 2 is 1.80 bits per heavy atom. The van der Waals surface area contributed by atoms with Gasteiger partial charge in [0, 0.05) is 25.4 Å². The van der Waals surface area contributed by atoms with Gasteiger partial charge in [-0.1, -0.05) is 37.8 Å². The Labute approximate surface area is 206 Å². The minimum absolute atomic E-state index is 0.0209. The van der Waals surface area contributed by atoms with E-state index in [-0.39, 0.29) is 23.9 Å². The highest BCUT2D eigenvalue weighted by Crippen LogP contribution is 2.35. The Morgan fingerprint density at radius 1 is 1.11 bits per heavy atom. The number of aromatic nitrogens is 2. The molecule has 190 valence electrons. The lowest BCUT2D eigenvalue weighted by Gasteiger charge is -2.35. The molecule has 35 heavy (non-hydrogen) atoms. The fourth-order valence-corrected chi connectivity index (χ4v) is 4.93. The normalized spacial score (nSPS) is 18.0. The second-order valence-corrected chi connectivity index (χ2v) is 11.0. The van der Waals surface area contributed by atoms with Crippen LogP contribution in [0.2, 0.25) is 0 Å². The average Bonchev–Trinajstić information content (AvgIpc) is 3.63. The molecule has 0 unspecified atom stereocenters. The van der Waals surface area contributed by atoms with E-state index in [4.69, 9.17) is 9.72 Å². The van der Waals surface area contributed by atoms with Gasteiger partial charge in [-0.3, -0.25) is 14.2 Å². The molecule has 0 aliphatic heterocycles. The first-order valence-corrected chi connectivity index (χ1v) is 12.9. The van der Waals surface area contributed by atoms with Gasteiger partial charge in [0.1, 0.15) is 11.4 Å². The third-order valence-electron chi connectivity index (χ3n) is 6.82. The van der Waals surface area contributed by atoms with Crippen molar-refractivity contribution in [2.75, 3.05) is 6.54 Å². The number of alkyl carbamates (subject to hydrolysis) is 1. The lowest BCUT2D eigenvalue weighted by Crippen LogP contribution is -2.56. The van der Waals surface area contributed by atoms with E-state index in [9.17, 15) is 14.4 Å². The number of rotatable bonds is 7. The monoisotopic (exact) mass is 482 g/mol. The van der Waals surface area contributed by atoms with Crippen molar-refractivity contribution in [1.29, 1.82) is 0 Å². The molecule has 2 aliphatic rings. The molecule has 1 aromatic carbocycles. The number of hydrogen-bond donors (Lipinski definition) is 2. The van der Waals surface area contributed by atoms with Crippen LogP contribution in [0.5, 0.6) is 0 Å². The number of hydrogen-bond acceptors (Lipinski definition) is 5. The highest BCUT2D eigenvalue weighted by molar-refractivity contribution is 5.78. The summed E-state index contributed by atoms with van der Waals surface area (Å²) in [6.45, 7) is 5.90. The third kappa shape index (κ3) is 6.61. The van der Waals surface area contributed by atoms with Crippen molar-refractivity contribution in [3.05, 3.63) is 40.4 Å². The van der Waals surface area contributed by atoms with Crippen molar-refractivity contribution in [2.45, 2.75) is 102 Å². The fraction of sp³-hybridized carbons (Fsp3) is 0.630. The van der Waals surface area contributed by atoms with Gasteiger partial charge in [-0.15, -0.1) is 0 Å². The molecule has 2 aromatic rings. The SMILES string of the molecule is CC(C)(C)OC(=O)NC1(CNC(=O)CCc2nc3ccccc3c(=O)n2C2CC2)CCCCCC1. The lowest BCUT2D eigenvalue weighted by molar-refractivity contribution is -0.121. The zero-order valence-electron chi connectivity index (χ0n) is 21.2. The van der Waals surface area contributed by atoms with Gasteiger partial charge in [-0.25, -0.2) is 9.78 Å². The standard InChI is InChI=1S/C27H38N4O4/c1-26(2,3)35-25(34)30-27(16-8-4-5-9-17-27)18-28-23(32)15-14-22-29-21-11-7-6-10-20(21)24(33)31(22)19-12-13-19/h6-7,10-11,19H,4-5,8-9,12-18H2,1-3H3,(H,28,32)(H,30,34). The first-order valence-electron chi connectivity index (χ1n) is 12.9. The summed E-state index contributed by atoms with van der Waals surface area (Å²) in [6.07, 6.45) is 7.99. The van der Waals surface area contributed by atoms with E-state index in [1.807, 2.05) is 45.0 Å².